The van der Waals surface area contributed by atoms with Gasteiger partial charge in [0.1, 0.15) is 0 Å². The lowest BCUT2D eigenvalue weighted by molar-refractivity contribution is 0.322. The topological polar surface area (TPSA) is 95.7 Å². The van der Waals surface area contributed by atoms with Crippen molar-refractivity contribution in [2.75, 3.05) is 0 Å². The van der Waals surface area contributed by atoms with E-state index < -0.39 is 11.4 Å². The minimum absolute atomic E-state index is 0.245. The van der Waals surface area contributed by atoms with Crippen LogP contribution in [0.4, 0.5) is 0 Å². The van der Waals surface area contributed by atoms with Gasteiger partial charge in [0.05, 0.1) is 17.1 Å². The number of hydrogen-bond donors (Lipinski definition) is 2. The Morgan fingerprint density at radius 3 is 2.88 bits per heavy atom. The predicted octanol–water partition coefficient (Wildman–Crippen LogP) is 0.598. The second kappa shape index (κ2) is 3.65. The molecule has 82 valence electrons. The van der Waals surface area contributed by atoms with Crippen molar-refractivity contribution in [3.05, 3.63) is 44.2 Å². The van der Waals surface area contributed by atoms with Crippen LogP contribution >= 0.6 is 0 Å². The first-order chi connectivity index (χ1) is 7.61. The van der Waals surface area contributed by atoms with Crippen LogP contribution < -0.4 is 11.4 Å². The van der Waals surface area contributed by atoms with Crippen LogP contribution in [-0.4, -0.2) is 16.4 Å². The fourth-order valence-electron chi connectivity index (χ4n) is 1.55. The molecule has 0 aliphatic rings. The quantitative estimate of drug-likeness (QED) is 0.418. The van der Waals surface area contributed by atoms with Gasteiger partial charge in [-0.25, -0.2) is 9.59 Å². The number of H-pyrrole nitrogens is 1. The van der Waals surface area contributed by atoms with Gasteiger partial charge in [-0.3, -0.25) is 4.98 Å². The summed E-state index contributed by atoms with van der Waals surface area (Å²) in [5.74, 6) is -0.788. The average Bonchev–Trinajstić information content (AvgIpc) is 2.20. The van der Waals surface area contributed by atoms with Gasteiger partial charge in [-0.2, -0.15) is 0 Å². The first kappa shape index (κ1) is 10.2. The molecule has 6 heteroatoms. The molecule has 0 amide bonds. The monoisotopic (exact) mass is 220 g/mol. The maximum absolute atomic E-state index is 11.4. The third-order valence-corrected chi connectivity index (χ3v) is 2.20. The number of aromatic amines is 1. The molecular formula is C10H8N2O4. The van der Waals surface area contributed by atoms with E-state index in [-0.39, 0.29) is 5.39 Å². The van der Waals surface area contributed by atoms with Crippen LogP contribution in [0.25, 0.3) is 10.9 Å². The van der Waals surface area contributed by atoms with Gasteiger partial charge in [0, 0.05) is 0 Å². The van der Waals surface area contributed by atoms with Crippen molar-refractivity contribution >= 4 is 17.1 Å². The molecule has 0 radical (unpaired) electrons. The van der Waals surface area contributed by atoms with Crippen LogP contribution in [0.15, 0.2) is 31.3 Å². The number of rotatable bonds is 1. The van der Waals surface area contributed by atoms with Gasteiger partial charge >= 0.3 is 11.4 Å². The van der Waals surface area contributed by atoms with Crippen LogP contribution in [-0.2, 0) is 0 Å². The number of aryl methyl sites for hydroxylation is 1. The highest BCUT2D eigenvalue weighted by Crippen LogP contribution is 2.13. The Morgan fingerprint density at radius 1 is 1.44 bits per heavy atom. The van der Waals surface area contributed by atoms with Crippen LogP contribution in [0.1, 0.15) is 11.1 Å². The van der Waals surface area contributed by atoms with E-state index in [0.717, 1.165) is 0 Å². The normalized spacial score (nSPS) is 11.3. The van der Waals surface area contributed by atoms with Crippen molar-refractivity contribution in [2.24, 2.45) is 5.16 Å². The van der Waals surface area contributed by atoms with Gasteiger partial charge in [0.2, 0.25) is 0 Å². The van der Waals surface area contributed by atoms with Crippen molar-refractivity contribution in [3.8, 4) is 0 Å². The molecule has 2 N–H and O–H groups in total. The summed E-state index contributed by atoms with van der Waals surface area (Å²) in [7, 11) is 0. The van der Waals surface area contributed by atoms with Crippen molar-refractivity contribution in [3.63, 3.8) is 0 Å². The Bertz CT molecular complexity index is 681. The van der Waals surface area contributed by atoms with E-state index in [2.05, 4.69) is 14.6 Å². The van der Waals surface area contributed by atoms with E-state index in [1.54, 1.807) is 13.0 Å². The highest BCUT2D eigenvalue weighted by Gasteiger charge is 2.06. The van der Waals surface area contributed by atoms with Crippen molar-refractivity contribution in [1.29, 1.82) is 0 Å². The zero-order chi connectivity index (χ0) is 11.7. The number of hydrogen-bond acceptors (Lipinski definition) is 5. The fraction of sp³-hybridized carbons (Fsp3) is 0.100. The minimum Gasteiger partial charge on any atom is -0.411 e. The van der Waals surface area contributed by atoms with Crippen LogP contribution in [0.3, 0.4) is 0 Å². The molecule has 0 aliphatic carbocycles. The summed E-state index contributed by atoms with van der Waals surface area (Å²) in [5, 5.41) is 11.5. The van der Waals surface area contributed by atoms with Gasteiger partial charge in [0.15, 0.2) is 0 Å². The molecule has 0 aliphatic heterocycles. The molecular weight excluding hydrogens is 212 g/mol. The zero-order valence-corrected chi connectivity index (χ0v) is 8.35. The van der Waals surface area contributed by atoms with Crippen LogP contribution in [0, 0.1) is 6.92 Å². The fourth-order valence-corrected chi connectivity index (χ4v) is 1.55. The van der Waals surface area contributed by atoms with Gasteiger partial charge in [-0.1, -0.05) is 5.16 Å². The third kappa shape index (κ3) is 1.60. The molecule has 0 unspecified atom stereocenters. The Kier molecular flexibility index (Phi) is 2.32. The minimum atomic E-state index is -0.788. The number of fused-ring (bicyclic) bond motifs is 1. The lowest BCUT2D eigenvalue weighted by Crippen LogP contribution is -2.15. The smallest absolute Gasteiger partial charge is 0.411 e. The lowest BCUT2D eigenvalue weighted by atomic mass is 10.1. The number of benzene rings is 1. The van der Waals surface area contributed by atoms with Gasteiger partial charge in [0.25, 0.3) is 0 Å². The summed E-state index contributed by atoms with van der Waals surface area (Å²) in [6.07, 6.45) is 1.19. The number of nitrogens with zero attached hydrogens (tertiary/aromatic N) is 1. The Balaban J connectivity index is 2.92. The Labute approximate surface area is 88.8 Å². The van der Waals surface area contributed by atoms with E-state index in [1.165, 1.54) is 12.3 Å². The van der Waals surface area contributed by atoms with Crippen LogP contribution in [0.2, 0.25) is 0 Å². The van der Waals surface area contributed by atoms with Crippen molar-refractivity contribution in [2.45, 2.75) is 6.92 Å². The van der Waals surface area contributed by atoms with E-state index >= 15 is 0 Å². The number of oxime groups is 1. The van der Waals surface area contributed by atoms with E-state index in [4.69, 9.17) is 5.21 Å². The van der Waals surface area contributed by atoms with E-state index in [1.807, 2.05) is 0 Å². The highest BCUT2D eigenvalue weighted by atomic mass is 16.4. The predicted molar refractivity (Wildman–Crippen MR) is 57.2 cm³/mol. The molecule has 1 aromatic heterocycles. The second-order valence-electron chi connectivity index (χ2n) is 3.31. The highest BCUT2D eigenvalue weighted by molar-refractivity contribution is 5.89. The Morgan fingerprint density at radius 2 is 2.19 bits per heavy atom. The molecule has 0 saturated heterocycles. The molecule has 6 nitrogen and oxygen atoms in total. The summed E-state index contributed by atoms with van der Waals surface area (Å²) >= 11 is 0. The zero-order valence-electron chi connectivity index (χ0n) is 8.35. The first-order valence-electron chi connectivity index (χ1n) is 4.47. The summed E-state index contributed by atoms with van der Waals surface area (Å²) in [5.41, 5.74) is 0.954. The molecule has 2 rings (SSSR count). The van der Waals surface area contributed by atoms with Gasteiger partial charge < -0.3 is 9.62 Å². The molecule has 0 spiro atoms. The van der Waals surface area contributed by atoms with Crippen LogP contribution in [0.5, 0.6) is 0 Å². The number of nitrogens with one attached hydrogen (secondary N) is 1. The summed E-state index contributed by atoms with van der Waals surface area (Å²) < 4.78 is 4.40. The van der Waals surface area contributed by atoms with E-state index in [9.17, 15) is 9.59 Å². The van der Waals surface area contributed by atoms with Crippen molar-refractivity contribution in [1.82, 2.24) is 4.98 Å². The first-order valence-corrected chi connectivity index (χ1v) is 4.47. The lowest BCUT2D eigenvalue weighted by Gasteiger charge is -2.01. The summed E-state index contributed by atoms with van der Waals surface area (Å²) in [6.45, 7) is 1.73. The molecule has 1 aromatic carbocycles. The van der Waals surface area contributed by atoms with Gasteiger partial charge in [-0.05, 0) is 30.2 Å². The molecule has 16 heavy (non-hydrogen) atoms. The maximum atomic E-state index is 11.4. The SMILES string of the molecule is Cc1cc(C=NO)cc2c(=O)oc(=O)[nH]c12. The van der Waals surface area contributed by atoms with Gasteiger partial charge in [-0.15, -0.1) is 0 Å². The second-order valence-corrected chi connectivity index (χ2v) is 3.31. The van der Waals surface area contributed by atoms with E-state index in [0.29, 0.717) is 16.6 Å². The largest absolute Gasteiger partial charge is 0.419 e. The standard InChI is InChI=1S/C10H8N2O4/c1-5-2-6(4-11-15)3-7-8(5)12-10(14)16-9(7)13/h2-4,15H,1H3,(H,12,14). The molecule has 0 saturated carbocycles. The molecule has 0 fully saturated rings. The average molecular weight is 220 g/mol. The third-order valence-electron chi connectivity index (χ3n) is 2.20. The summed E-state index contributed by atoms with van der Waals surface area (Å²) in [6, 6.07) is 3.15. The molecule has 2 aromatic rings. The number of aromatic nitrogens is 1. The molecule has 0 bridgehead atoms. The summed E-state index contributed by atoms with van der Waals surface area (Å²) in [4.78, 5) is 24.8. The molecule has 1 heterocycles. The molecule has 0 atom stereocenters. The van der Waals surface area contributed by atoms with Crippen molar-refractivity contribution < 1.29 is 9.62 Å². The Hall–Kier alpha value is -2.37. The maximum Gasteiger partial charge on any atom is 0.419 e.